The molecule has 3 aromatic rings. The summed E-state index contributed by atoms with van der Waals surface area (Å²) >= 11 is 0. The van der Waals surface area contributed by atoms with E-state index in [4.69, 9.17) is 14.2 Å². The van der Waals surface area contributed by atoms with Crippen molar-refractivity contribution < 1.29 is 23.5 Å². The number of rotatable bonds is 7. The molecule has 192 valence electrons. The Hall–Kier alpha value is -3.41. The molecule has 1 aromatic heterocycles. The first-order chi connectivity index (χ1) is 18.1. The Bertz CT molecular complexity index is 1360. The summed E-state index contributed by atoms with van der Waals surface area (Å²) in [6.07, 6.45) is 5.95. The number of ether oxygens (including phenoxy) is 3. The van der Waals surface area contributed by atoms with Gasteiger partial charge in [-0.05, 0) is 36.2 Å². The minimum absolute atomic E-state index is 0.253. The Morgan fingerprint density at radius 1 is 1.16 bits per heavy atom. The predicted molar refractivity (Wildman–Crippen MR) is 137 cm³/mol. The fourth-order valence-corrected chi connectivity index (χ4v) is 6.45. The topological polar surface area (TPSA) is 80.8 Å². The van der Waals surface area contributed by atoms with E-state index in [0.29, 0.717) is 60.4 Å². The van der Waals surface area contributed by atoms with Gasteiger partial charge in [0.2, 0.25) is 0 Å². The lowest BCUT2D eigenvalue weighted by Gasteiger charge is -2.28. The van der Waals surface area contributed by atoms with E-state index in [2.05, 4.69) is 16.4 Å². The maximum absolute atomic E-state index is 14.6. The summed E-state index contributed by atoms with van der Waals surface area (Å²) in [5.41, 5.74) is 3.21. The fraction of sp³-hybridized carbons (Fsp3) is 0.448. The average Bonchev–Trinajstić information content (AvgIpc) is 3.22. The standard InChI is InChI=1S/C29H31FN4O3/c1-35-23-2-3-27-25(12-23)24(20(14-31)16-33-27)4-5-34-17-18-8-21(11-22(34)9-18)32-15-19-10-28-29(13-26(19)30)37-7-6-36-28/h2-3,10,12-13,16,18,21-22,32H,4-9,11,15,17H2,1H3/p+1. The number of hydrogen-bond acceptors (Lipinski definition) is 6. The summed E-state index contributed by atoms with van der Waals surface area (Å²) in [6, 6.07) is 12.4. The molecule has 3 aliphatic rings. The third-order valence-corrected chi connectivity index (χ3v) is 8.23. The average molecular weight is 504 g/mol. The molecule has 2 bridgehead atoms. The van der Waals surface area contributed by atoms with Crippen molar-refractivity contribution in [2.24, 2.45) is 5.92 Å². The third-order valence-electron chi connectivity index (χ3n) is 8.23. The Kier molecular flexibility index (Phi) is 6.58. The van der Waals surface area contributed by atoms with Crippen molar-refractivity contribution in [3.05, 3.63) is 59.0 Å². The number of nitrogens with zero attached hydrogens (tertiary/aromatic N) is 2. The van der Waals surface area contributed by atoms with E-state index < -0.39 is 0 Å². The van der Waals surface area contributed by atoms with Crippen molar-refractivity contribution in [1.82, 2.24) is 10.3 Å². The van der Waals surface area contributed by atoms with E-state index in [1.165, 1.54) is 12.5 Å². The molecule has 37 heavy (non-hydrogen) atoms. The smallest absolute Gasteiger partial charge is 0.164 e. The van der Waals surface area contributed by atoms with Gasteiger partial charge in [-0.1, -0.05) is 0 Å². The molecule has 0 spiro atoms. The third kappa shape index (κ3) is 4.81. The molecule has 4 unspecified atom stereocenters. The van der Waals surface area contributed by atoms with Crippen LogP contribution in [-0.2, 0) is 13.0 Å². The van der Waals surface area contributed by atoms with Gasteiger partial charge in [0.1, 0.15) is 30.8 Å². The van der Waals surface area contributed by atoms with E-state index in [9.17, 15) is 9.65 Å². The Morgan fingerprint density at radius 3 is 2.81 bits per heavy atom. The molecule has 2 fully saturated rings. The monoisotopic (exact) mass is 503 g/mol. The molecular weight excluding hydrogens is 471 g/mol. The lowest BCUT2D eigenvalue weighted by atomic mass is 9.86. The highest BCUT2D eigenvalue weighted by Gasteiger charge is 2.42. The van der Waals surface area contributed by atoms with Crippen molar-refractivity contribution >= 4 is 10.9 Å². The van der Waals surface area contributed by atoms with Crippen LogP contribution in [0.3, 0.4) is 0 Å². The second-order valence-corrected chi connectivity index (χ2v) is 10.4. The maximum atomic E-state index is 14.6. The van der Waals surface area contributed by atoms with Crippen LogP contribution in [-0.4, -0.2) is 50.5 Å². The number of hydrogen-bond donors (Lipinski definition) is 2. The van der Waals surface area contributed by atoms with E-state index in [-0.39, 0.29) is 5.82 Å². The summed E-state index contributed by atoms with van der Waals surface area (Å²) in [5.74, 6) is 2.31. The summed E-state index contributed by atoms with van der Waals surface area (Å²) in [4.78, 5) is 6.08. The van der Waals surface area contributed by atoms with E-state index in [1.54, 1.807) is 24.3 Å². The summed E-state index contributed by atoms with van der Waals surface area (Å²) in [5, 5.41) is 14.4. The molecule has 6 rings (SSSR count). The highest BCUT2D eigenvalue weighted by molar-refractivity contribution is 5.85. The van der Waals surface area contributed by atoms with E-state index >= 15 is 0 Å². The SMILES string of the molecule is COc1ccc2ncc(C#N)c(CC[NH+]3CC4CC(NCc5cc6c(cc5F)OCCO6)CC3C4)c2c1. The number of aromatic nitrogens is 1. The van der Waals surface area contributed by atoms with Crippen LogP contribution in [0, 0.1) is 23.1 Å². The molecule has 3 heterocycles. The van der Waals surface area contributed by atoms with Gasteiger partial charge in [0.25, 0.3) is 0 Å². The molecule has 4 atom stereocenters. The first-order valence-corrected chi connectivity index (χ1v) is 13.1. The molecular formula is C29H32FN4O3+. The highest BCUT2D eigenvalue weighted by atomic mass is 19.1. The second-order valence-electron chi connectivity index (χ2n) is 10.4. The van der Waals surface area contributed by atoms with Crippen LogP contribution in [0.2, 0.25) is 0 Å². The van der Waals surface area contributed by atoms with Crippen LogP contribution >= 0.6 is 0 Å². The van der Waals surface area contributed by atoms with Gasteiger partial charge in [0, 0.05) is 61.0 Å². The normalized spacial score (nSPS) is 24.1. The molecule has 1 saturated heterocycles. The van der Waals surface area contributed by atoms with Gasteiger partial charge < -0.3 is 24.4 Å². The van der Waals surface area contributed by atoms with Gasteiger partial charge in [-0.15, -0.1) is 0 Å². The second kappa shape index (κ2) is 10.2. The molecule has 2 N–H and O–H groups in total. The van der Waals surface area contributed by atoms with Gasteiger partial charge >= 0.3 is 0 Å². The number of fused-ring (bicyclic) bond motifs is 4. The van der Waals surface area contributed by atoms with Gasteiger partial charge in [-0.3, -0.25) is 4.98 Å². The van der Waals surface area contributed by atoms with Gasteiger partial charge in [-0.25, -0.2) is 4.39 Å². The summed E-state index contributed by atoms with van der Waals surface area (Å²) in [6.45, 7) is 3.56. The molecule has 1 aliphatic carbocycles. The Balaban J connectivity index is 1.11. The zero-order chi connectivity index (χ0) is 25.4. The van der Waals surface area contributed by atoms with Crippen molar-refractivity contribution in [2.45, 2.75) is 44.3 Å². The van der Waals surface area contributed by atoms with E-state index in [0.717, 1.165) is 54.6 Å². The van der Waals surface area contributed by atoms with Gasteiger partial charge in [0.15, 0.2) is 11.5 Å². The van der Waals surface area contributed by atoms with Crippen LogP contribution in [0.25, 0.3) is 10.9 Å². The number of halogens is 1. The molecule has 7 nitrogen and oxygen atoms in total. The first kappa shape index (κ1) is 24.0. The number of benzene rings is 2. The lowest BCUT2D eigenvalue weighted by molar-refractivity contribution is -0.912. The zero-order valence-electron chi connectivity index (χ0n) is 21.1. The predicted octanol–water partition coefficient (Wildman–Crippen LogP) is 2.79. The number of quaternary nitrogens is 1. The van der Waals surface area contributed by atoms with Crippen molar-refractivity contribution in [3.8, 4) is 23.3 Å². The summed E-state index contributed by atoms with van der Waals surface area (Å²) < 4.78 is 31.2. The van der Waals surface area contributed by atoms with Crippen LogP contribution < -0.4 is 24.4 Å². The molecule has 2 aliphatic heterocycles. The minimum Gasteiger partial charge on any atom is -0.497 e. The van der Waals surface area contributed by atoms with Crippen LogP contribution in [0.4, 0.5) is 4.39 Å². The fourth-order valence-electron chi connectivity index (χ4n) is 6.45. The van der Waals surface area contributed by atoms with Crippen LogP contribution in [0.15, 0.2) is 36.5 Å². The molecule has 8 heteroatoms. The first-order valence-electron chi connectivity index (χ1n) is 13.1. The number of likely N-dealkylation sites (tertiary alicyclic amines) is 1. The molecule has 2 aromatic carbocycles. The highest BCUT2D eigenvalue weighted by Crippen LogP contribution is 2.33. The summed E-state index contributed by atoms with van der Waals surface area (Å²) in [7, 11) is 1.66. The van der Waals surface area contributed by atoms with Crippen LogP contribution in [0.1, 0.15) is 36.0 Å². The molecule has 0 radical (unpaired) electrons. The largest absolute Gasteiger partial charge is 0.497 e. The minimum atomic E-state index is -0.253. The number of nitrogens with one attached hydrogen (secondary N) is 2. The molecule has 0 amide bonds. The van der Waals surface area contributed by atoms with Crippen molar-refractivity contribution in [2.75, 3.05) is 33.4 Å². The Morgan fingerprint density at radius 2 is 2.00 bits per heavy atom. The van der Waals surface area contributed by atoms with Crippen molar-refractivity contribution in [3.63, 3.8) is 0 Å². The van der Waals surface area contributed by atoms with E-state index in [1.807, 2.05) is 18.2 Å². The van der Waals surface area contributed by atoms with Crippen LogP contribution in [0.5, 0.6) is 17.2 Å². The van der Waals surface area contributed by atoms with Crippen molar-refractivity contribution in [1.29, 1.82) is 5.26 Å². The Labute approximate surface area is 216 Å². The quantitative estimate of drug-likeness (QED) is 0.516. The van der Waals surface area contributed by atoms with Gasteiger partial charge in [-0.2, -0.15) is 5.26 Å². The van der Waals surface area contributed by atoms with Gasteiger partial charge in [0.05, 0.1) is 37.3 Å². The zero-order valence-corrected chi connectivity index (χ0v) is 21.1. The molecule has 1 saturated carbocycles. The lowest BCUT2D eigenvalue weighted by Crippen LogP contribution is -3.14. The number of nitriles is 1. The number of pyridine rings is 1. The number of methoxy groups -OCH3 is 1. The maximum Gasteiger partial charge on any atom is 0.164 e.